The standard InChI is InChI=1S/C17H28FN3O.HI/c1-5-19-16(20-10-13(2)11-22)21-12-17(3,4)14-7-6-8-15(18)9-14;/h6-9,13,22H,5,10-12H2,1-4H3,(H2,19,20,21);1H. The summed E-state index contributed by atoms with van der Waals surface area (Å²) < 4.78 is 13.4. The molecule has 0 amide bonds. The Bertz CT molecular complexity index is 494. The van der Waals surface area contributed by atoms with E-state index in [0.29, 0.717) is 19.0 Å². The Kier molecular flexibility index (Phi) is 10.4. The molecule has 4 nitrogen and oxygen atoms in total. The third-order valence-corrected chi connectivity index (χ3v) is 3.51. The number of aliphatic hydroxyl groups is 1. The minimum Gasteiger partial charge on any atom is -0.396 e. The Morgan fingerprint density at radius 2 is 2.04 bits per heavy atom. The van der Waals surface area contributed by atoms with E-state index in [4.69, 9.17) is 5.11 Å². The van der Waals surface area contributed by atoms with Crippen molar-refractivity contribution in [1.82, 2.24) is 10.6 Å². The molecule has 0 aliphatic rings. The molecule has 3 N–H and O–H groups in total. The smallest absolute Gasteiger partial charge is 0.191 e. The molecule has 1 aromatic carbocycles. The van der Waals surface area contributed by atoms with Gasteiger partial charge in [0.05, 0.1) is 6.54 Å². The van der Waals surface area contributed by atoms with Gasteiger partial charge in [0.2, 0.25) is 0 Å². The Hall–Kier alpha value is -0.890. The molecule has 0 heterocycles. The molecule has 23 heavy (non-hydrogen) atoms. The van der Waals surface area contributed by atoms with E-state index in [1.807, 2.05) is 33.8 Å². The fraction of sp³-hybridized carbons (Fsp3) is 0.588. The molecule has 0 radical (unpaired) electrons. The Balaban J connectivity index is 0.00000484. The summed E-state index contributed by atoms with van der Waals surface area (Å²) in [7, 11) is 0. The molecule has 0 fully saturated rings. The molecule has 6 heteroatoms. The number of aliphatic hydroxyl groups excluding tert-OH is 1. The molecule has 0 saturated carbocycles. The van der Waals surface area contributed by atoms with E-state index in [1.54, 1.807) is 12.1 Å². The summed E-state index contributed by atoms with van der Waals surface area (Å²) >= 11 is 0. The first-order valence-electron chi connectivity index (χ1n) is 7.78. The summed E-state index contributed by atoms with van der Waals surface area (Å²) in [5.74, 6) is 0.656. The number of aliphatic imine (C=N–C) groups is 1. The molecule has 0 saturated heterocycles. The van der Waals surface area contributed by atoms with Crippen LogP contribution >= 0.6 is 24.0 Å². The summed E-state index contributed by atoms with van der Waals surface area (Å²) in [6.07, 6.45) is 0. The van der Waals surface area contributed by atoms with Crippen LogP contribution in [-0.4, -0.2) is 37.3 Å². The zero-order chi connectivity index (χ0) is 16.6. The van der Waals surface area contributed by atoms with Gasteiger partial charge in [-0.3, -0.25) is 4.99 Å². The fourth-order valence-corrected chi connectivity index (χ4v) is 1.95. The quantitative estimate of drug-likeness (QED) is 0.349. The number of nitrogens with zero attached hydrogens (tertiary/aromatic N) is 1. The van der Waals surface area contributed by atoms with E-state index in [9.17, 15) is 4.39 Å². The predicted molar refractivity (Wildman–Crippen MR) is 105 cm³/mol. The van der Waals surface area contributed by atoms with Gasteiger partial charge in [-0.1, -0.05) is 32.9 Å². The van der Waals surface area contributed by atoms with Gasteiger partial charge in [0.1, 0.15) is 5.82 Å². The molecule has 0 bridgehead atoms. The van der Waals surface area contributed by atoms with Crippen molar-refractivity contribution in [2.45, 2.75) is 33.1 Å². The fourth-order valence-electron chi connectivity index (χ4n) is 1.95. The summed E-state index contributed by atoms with van der Waals surface area (Å²) in [5, 5.41) is 15.5. The molecular weight excluding hydrogens is 408 g/mol. The van der Waals surface area contributed by atoms with Crippen molar-refractivity contribution in [2.24, 2.45) is 10.9 Å². The number of halogens is 2. The largest absolute Gasteiger partial charge is 0.396 e. The van der Waals surface area contributed by atoms with Crippen LogP contribution in [0.15, 0.2) is 29.3 Å². The zero-order valence-electron chi connectivity index (χ0n) is 14.4. The van der Waals surface area contributed by atoms with Gasteiger partial charge < -0.3 is 15.7 Å². The van der Waals surface area contributed by atoms with Gasteiger partial charge in [-0.05, 0) is 30.5 Å². The van der Waals surface area contributed by atoms with Crippen LogP contribution in [0.4, 0.5) is 4.39 Å². The van der Waals surface area contributed by atoms with Crippen LogP contribution in [0, 0.1) is 11.7 Å². The van der Waals surface area contributed by atoms with Gasteiger partial charge in [0.15, 0.2) is 5.96 Å². The van der Waals surface area contributed by atoms with Crippen LogP contribution < -0.4 is 10.6 Å². The molecular formula is C17H29FIN3O. The van der Waals surface area contributed by atoms with Crippen molar-refractivity contribution in [3.63, 3.8) is 0 Å². The van der Waals surface area contributed by atoms with E-state index in [1.165, 1.54) is 6.07 Å². The second-order valence-electron chi connectivity index (χ2n) is 6.26. The molecule has 132 valence electrons. The first kappa shape index (κ1) is 22.1. The molecule has 1 rings (SSSR count). The number of benzene rings is 1. The summed E-state index contributed by atoms with van der Waals surface area (Å²) in [5.41, 5.74) is 0.670. The highest BCUT2D eigenvalue weighted by molar-refractivity contribution is 14.0. The first-order valence-corrected chi connectivity index (χ1v) is 7.78. The van der Waals surface area contributed by atoms with Gasteiger partial charge in [-0.25, -0.2) is 4.39 Å². The molecule has 0 aliphatic carbocycles. The van der Waals surface area contributed by atoms with Crippen LogP contribution in [0.3, 0.4) is 0 Å². The van der Waals surface area contributed by atoms with Gasteiger partial charge >= 0.3 is 0 Å². The number of nitrogens with one attached hydrogen (secondary N) is 2. The molecule has 1 unspecified atom stereocenters. The average molecular weight is 437 g/mol. The monoisotopic (exact) mass is 437 g/mol. The topological polar surface area (TPSA) is 56.7 Å². The summed E-state index contributed by atoms with van der Waals surface area (Å²) in [6.45, 7) is 10.2. The minimum absolute atomic E-state index is 0. The Morgan fingerprint density at radius 1 is 1.35 bits per heavy atom. The number of guanidine groups is 1. The summed E-state index contributed by atoms with van der Waals surface area (Å²) in [6, 6.07) is 6.66. The summed E-state index contributed by atoms with van der Waals surface area (Å²) in [4.78, 5) is 4.59. The van der Waals surface area contributed by atoms with Gasteiger partial charge in [0, 0.05) is 25.1 Å². The van der Waals surface area contributed by atoms with Crippen molar-refractivity contribution in [3.8, 4) is 0 Å². The van der Waals surface area contributed by atoms with Crippen molar-refractivity contribution in [2.75, 3.05) is 26.2 Å². The third kappa shape index (κ3) is 7.97. The van der Waals surface area contributed by atoms with Crippen molar-refractivity contribution >= 4 is 29.9 Å². The van der Waals surface area contributed by atoms with Gasteiger partial charge in [-0.15, -0.1) is 24.0 Å². The van der Waals surface area contributed by atoms with Gasteiger partial charge in [0.25, 0.3) is 0 Å². The average Bonchev–Trinajstić information content (AvgIpc) is 2.49. The normalized spacial score (nSPS) is 13.2. The number of hydrogen-bond donors (Lipinski definition) is 3. The van der Waals surface area contributed by atoms with Crippen LogP contribution in [0.1, 0.15) is 33.3 Å². The maximum Gasteiger partial charge on any atom is 0.191 e. The van der Waals surface area contributed by atoms with Crippen molar-refractivity contribution in [3.05, 3.63) is 35.6 Å². The van der Waals surface area contributed by atoms with E-state index in [-0.39, 0.29) is 47.7 Å². The van der Waals surface area contributed by atoms with E-state index in [0.717, 1.165) is 12.1 Å². The van der Waals surface area contributed by atoms with Crippen molar-refractivity contribution < 1.29 is 9.50 Å². The highest BCUT2D eigenvalue weighted by atomic mass is 127. The van der Waals surface area contributed by atoms with E-state index < -0.39 is 0 Å². The lowest BCUT2D eigenvalue weighted by atomic mass is 9.85. The number of hydrogen-bond acceptors (Lipinski definition) is 2. The first-order chi connectivity index (χ1) is 10.4. The number of rotatable bonds is 7. The molecule has 1 aromatic rings. The van der Waals surface area contributed by atoms with Crippen LogP contribution in [0.5, 0.6) is 0 Å². The van der Waals surface area contributed by atoms with Gasteiger partial charge in [-0.2, -0.15) is 0 Å². The highest BCUT2D eigenvalue weighted by Gasteiger charge is 2.21. The highest BCUT2D eigenvalue weighted by Crippen LogP contribution is 2.24. The Morgan fingerprint density at radius 3 is 2.61 bits per heavy atom. The lowest BCUT2D eigenvalue weighted by Gasteiger charge is -2.24. The minimum atomic E-state index is -0.257. The molecule has 0 aromatic heterocycles. The maximum atomic E-state index is 13.4. The van der Waals surface area contributed by atoms with E-state index in [2.05, 4.69) is 15.6 Å². The van der Waals surface area contributed by atoms with Crippen molar-refractivity contribution in [1.29, 1.82) is 0 Å². The Labute approximate surface area is 156 Å². The maximum absolute atomic E-state index is 13.4. The third-order valence-electron chi connectivity index (χ3n) is 3.51. The van der Waals surface area contributed by atoms with Crippen LogP contribution in [0.25, 0.3) is 0 Å². The van der Waals surface area contributed by atoms with Crippen LogP contribution in [-0.2, 0) is 5.41 Å². The molecule has 1 atom stereocenters. The SMILES string of the molecule is CCNC(=NCC(C)(C)c1cccc(F)c1)NCC(C)CO.I. The zero-order valence-corrected chi connectivity index (χ0v) is 16.7. The lowest BCUT2D eigenvalue weighted by Crippen LogP contribution is -2.40. The lowest BCUT2D eigenvalue weighted by molar-refractivity contribution is 0.238. The van der Waals surface area contributed by atoms with Crippen LogP contribution in [0.2, 0.25) is 0 Å². The molecule has 0 spiro atoms. The molecule has 0 aliphatic heterocycles. The van der Waals surface area contributed by atoms with E-state index >= 15 is 0 Å². The second-order valence-corrected chi connectivity index (χ2v) is 6.26. The predicted octanol–water partition coefficient (Wildman–Crippen LogP) is 2.90. The second kappa shape index (κ2) is 10.8.